The third-order valence-corrected chi connectivity index (χ3v) is 1.33. The van der Waals surface area contributed by atoms with Crippen LogP contribution in [0.15, 0.2) is 72.8 Å². The van der Waals surface area contributed by atoms with Gasteiger partial charge in [-0.1, -0.05) is 136 Å². The molecule has 0 aliphatic rings. The molecule has 156 valence electrons. The molecule has 0 aliphatic carbocycles. The van der Waals surface area contributed by atoms with Crippen LogP contribution in [0.4, 0.5) is 0 Å². The van der Waals surface area contributed by atoms with Crippen molar-refractivity contribution >= 4 is 0 Å². The Morgan fingerprint density at radius 3 is 0.640 bits per heavy atom. The number of hydrogen-bond donors (Lipinski definition) is 0. The van der Waals surface area contributed by atoms with Crippen molar-refractivity contribution in [3.05, 3.63) is 80.2 Å². The Labute approximate surface area is 196 Å². The SMILES string of the molecule is CC.CC.CCC.C[At].[2H]C.[2H]C.[Au+].[CH3-].c1ccccc1.c1ccccc1. The molecule has 0 aliphatic heterocycles. The predicted octanol–water partition coefficient (Wildman–Crippen LogP) is 9.15. The van der Waals surface area contributed by atoms with Gasteiger partial charge < -0.3 is 7.43 Å². The monoisotopic (exact) mass is 731 g/mol. The molecule has 0 bridgehead atoms. The molecule has 0 radical (unpaired) electrons. The van der Waals surface area contributed by atoms with Crippen molar-refractivity contribution in [2.24, 2.45) is 0 Å². The molecule has 2 aromatic rings. The van der Waals surface area contributed by atoms with Crippen LogP contribution in [0.1, 0.15) is 65.5 Å². The van der Waals surface area contributed by atoms with E-state index in [-0.39, 0.29) is 29.8 Å². The summed E-state index contributed by atoms with van der Waals surface area (Å²) in [5.74, 6) is 0. The molecule has 0 nitrogen and oxygen atoms in total. The van der Waals surface area contributed by atoms with Crippen molar-refractivity contribution in [2.75, 3.05) is 0 Å². The van der Waals surface area contributed by atoms with Gasteiger partial charge >= 0.3 is 51.7 Å². The van der Waals surface area contributed by atoms with Gasteiger partial charge in [0.2, 0.25) is 0 Å². The van der Waals surface area contributed by atoms with Gasteiger partial charge in [0.15, 0.2) is 0 Å². The molecule has 25 heavy (non-hydrogen) atoms. The van der Waals surface area contributed by atoms with Crippen molar-refractivity contribution < 1.29 is 49.8 Å². The average molecular weight is 732 g/mol. The largest absolute Gasteiger partial charge is 1.00 e. The standard InChI is InChI=1S/2C6H6.C3H8.2C2H6.CH3At.2CH4.CH3.Au/c2*1-2-4-6-5-3-1;1-3-2;3*1-2;;;;/h2*1-6H;3H2,1-2H3;2*1-2H3;1H3;2*1H4;1H3;/q;;;;;;;;-1;+1/i;;;;;;2*1D;;. The maximum Gasteiger partial charge on any atom is 1.00 e. The van der Waals surface area contributed by atoms with E-state index in [4.69, 9.17) is 2.74 Å². The zero-order chi connectivity index (χ0) is 21.2. The minimum absolute atomic E-state index is 0. The molecule has 2 heteroatoms. The second-order valence-electron chi connectivity index (χ2n) is 3.02. The fourth-order valence-electron chi connectivity index (χ4n) is 0.770. The van der Waals surface area contributed by atoms with E-state index < -0.39 is 0 Å². The quantitative estimate of drug-likeness (QED) is 0.187. The summed E-state index contributed by atoms with van der Waals surface area (Å²) in [4.78, 5) is 0. The van der Waals surface area contributed by atoms with Gasteiger partial charge in [-0.25, -0.2) is 0 Å². The van der Waals surface area contributed by atoms with Gasteiger partial charge in [0.1, 0.15) is 0 Å². The maximum atomic E-state index is 5.75. The van der Waals surface area contributed by atoms with Gasteiger partial charge in [-0.2, -0.15) is 0 Å². The predicted molar refractivity (Wildman–Crippen MR) is 117 cm³/mol. The Balaban J connectivity index is -0.0000000271. The van der Waals surface area contributed by atoms with E-state index >= 15 is 0 Å². The van der Waals surface area contributed by atoms with Gasteiger partial charge in [0.25, 0.3) is 0 Å². The molecule has 2 rings (SSSR count). The van der Waals surface area contributed by atoms with E-state index in [9.17, 15) is 0 Å². The van der Waals surface area contributed by atoms with Crippen molar-refractivity contribution in [1.29, 1.82) is 0 Å². The zero-order valence-corrected chi connectivity index (χ0v) is 23.4. The molecular weight excluding hydrogens is 683 g/mol. The molecule has 0 spiro atoms. The minimum Gasteiger partial charge on any atom is -0.358 e. The number of rotatable bonds is 0. The van der Waals surface area contributed by atoms with E-state index in [0.29, 0.717) is 0 Å². The summed E-state index contributed by atoms with van der Waals surface area (Å²) in [6.07, 6.45) is 1.25. The van der Waals surface area contributed by atoms with Crippen molar-refractivity contribution in [3.8, 4) is 0 Å². The number of hydrogen-bond acceptors (Lipinski definition) is 0. The third-order valence-electron chi connectivity index (χ3n) is 1.33. The summed E-state index contributed by atoms with van der Waals surface area (Å²) in [5, 5.41) is 0. The van der Waals surface area contributed by atoms with Crippen LogP contribution in [0.2, 0.25) is 4.63 Å². The Morgan fingerprint density at radius 1 is 0.560 bits per heavy atom. The van der Waals surface area contributed by atoms with Crippen molar-refractivity contribution in [1.82, 2.24) is 0 Å². The van der Waals surface area contributed by atoms with Crippen LogP contribution >= 0.6 is 0 Å². The summed E-state index contributed by atoms with van der Waals surface area (Å²) in [6, 6.07) is 24.0. The smallest absolute Gasteiger partial charge is 0.358 e. The fourth-order valence-corrected chi connectivity index (χ4v) is 0.770. The Bertz CT molecular complexity index is 211. The molecule has 0 saturated carbocycles. The van der Waals surface area contributed by atoms with E-state index in [1.165, 1.54) is 21.2 Å². The molecule has 0 atom stereocenters. The second kappa shape index (κ2) is 75.0. The van der Waals surface area contributed by atoms with Crippen LogP contribution in [-0.4, -0.2) is 0 Å². The minimum atomic E-state index is 0. The molecule has 0 heterocycles. The molecule has 0 fully saturated rings. The van der Waals surface area contributed by atoms with Crippen LogP contribution in [0.3, 0.4) is 0 Å². The first kappa shape index (κ1) is 39.9. The van der Waals surface area contributed by atoms with Gasteiger partial charge in [-0.3, -0.25) is 0 Å². The Kier molecular flexibility index (Phi) is 120. The van der Waals surface area contributed by atoms with E-state index in [0.717, 1.165) is 0 Å². The maximum absolute atomic E-state index is 5.75. The second-order valence-corrected chi connectivity index (χ2v) is 3.02. The first-order valence-electron chi connectivity index (χ1n) is 9.79. The van der Waals surface area contributed by atoms with Crippen molar-refractivity contribution in [2.45, 2.75) is 67.4 Å². The fraction of sp³-hybridized carbons (Fsp3) is 0.435. The molecule has 0 N–H and O–H groups in total. The van der Waals surface area contributed by atoms with Crippen LogP contribution in [0, 0.1) is 32.1 Å². The van der Waals surface area contributed by atoms with E-state index in [1.54, 1.807) is 24.7 Å². The van der Waals surface area contributed by atoms with Gasteiger partial charge in [-0.15, -0.1) is 0 Å². The topological polar surface area (TPSA) is 0 Å². The normalized spacial score (nSPS) is 5.84. The van der Waals surface area contributed by atoms with Crippen LogP contribution < -0.4 is 0 Å². The number of benzene rings is 2. The summed E-state index contributed by atoms with van der Waals surface area (Å²) >= 11 is 1.72. The third kappa shape index (κ3) is 80.5. The summed E-state index contributed by atoms with van der Waals surface area (Å²) in [7, 11) is 2.50. The molecular formula is C23H46AtAu. The molecule has 0 saturated heterocycles. The molecule has 0 aromatic heterocycles. The van der Waals surface area contributed by atoms with E-state index in [1.807, 2.05) is 100 Å². The molecule has 0 unspecified atom stereocenters. The Hall–Kier alpha value is 0.0634. The molecule has 0 amide bonds. The van der Waals surface area contributed by atoms with Gasteiger partial charge in [0, 0.05) is 2.74 Å². The van der Waals surface area contributed by atoms with E-state index in [2.05, 4.69) is 18.5 Å². The summed E-state index contributed by atoms with van der Waals surface area (Å²) in [6.45, 7) is 12.2. The Morgan fingerprint density at radius 2 is 0.600 bits per heavy atom. The van der Waals surface area contributed by atoms with Gasteiger partial charge in [0.05, 0.1) is 0 Å². The van der Waals surface area contributed by atoms with Crippen LogP contribution in [0.5, 0.6) is 0 Å². The van der Waals surface area contributed by atoms with Crippen molar-refractivity contribution in [3.63, 3.8) is 0 Å². The van der Waals surface area contributed by atoms with Crippen LogP contribution in [-0.2, 0) is 22.4 Å². The van der Waals surface area contributed by atoms with Gasteiger partial charge in [-0.05, 0) is 0 Å². The summed E-state index contributed by atoms with van der Waals surface area (Å²) < 4.78 is 13.6. The van der Waals surface area contributed by atoms with Crippen LogP contribution in [0.25, 0.3) is 0 Å². The first-order chi connectivity index (χ1) is 12.4. The first-order valence-corrected chi connectivity index (χ1v) is 10.7. The zero-order valence-electron chi connectivity index (χ0n) is 20.3. The summed E-state index contributed by atoms with van der Waals surface area (Å²) in [5.41, 5.74) is 0. The average Bonchev–Trinajstić information content (AvgIpc) is 2.79. The molecule has 2 aromatic carbocycles.